The van der Waals surface area contributed by atoms with Crippen molar-refractivity contribution in [2.24, 2.45) is 0 Å². The van der Waals surface area contributed by atoms with Crippen LogP contribution in [0.5, 0.6) is 0 Å². The van der Waals surface area contributed by atoms with Gasteiger partial charge in [0.2, 0.25) is 0 Å². The van der Waals surface area contributed by atoms with E-state index in [-0.39, 0.29) is 12.4 Å². The first-order valence-corrected chi connectivity index (χ1v) is 6.02. The smallest absolute Gasteiger partial charge is 0.310 e. The van der Waals surface area contributed by atoms with E-state index in [1.165, 1.54) is 0 Å². The Balaban J connectivity index is 2.93. The number of nitrogen functional groups attached to an aromatic ring is 1. The number of ether oxygens (including phenoxy) is 1. The van der Waals surface area contributed by atoms with Gasteiger partial charge >= 0.3 is 5.97 Å². The predicted molar refractivity (Wildman–Crippen MR) is 66.6 cm³/mol. The van der Waals surface area contributed by atoms with Crippen LogP contribution >= 0.6 is 31.9 Å². The molecule has 0 saturated carbocycles. The van der Waals surface area contributed by atoms with Crippen LogP contribution in [-0.2, 0) is 16.0 Å². The van der Waals surface area contributed by atoms with Crippen molar-refractivity contribution in [3.8, 4) is 0 Å². The first-order valence-electron chi connectivity index (χ1n) is 4.44. The second kappa shape index (κ2) is 5.51. The highest BCUT2D eigenvalue weighted by molar-refractivity contribution is 9.11. The summed E-state index contributed by atoms with van der Waals surface area (Å²) in [5.74, 6) is -0.275. The Morgan fingerprint density at radius 3 is 2.60 bits per heavy atom. The summed E-state index contributed by atoms with van der Waals surface area (Å²) in [5.41, 5.74) is 7.16. The van der Waals surface area contributed by atoms with Gasteiger partial charge in [-0.2, -0.15) is 0 Å². The zero-order valence-corrected chi connectivity index (χ0v) is 11.4. The molecule has 5 heteroatoms. The summed E-state index contributed by atoms with van der Waals surface area (Å²) in [6, 6.07) is 3.67. The quantitative estimate of drug-likeness (QED) is 0.682. The molecule has 0 fully saturated rings. The van der Waals surface area contributed by atoms with Gasteiger partial charge in [0.25, 0.3) is 0 Å². The fourth-order valence-electron chi connectivity index (χ4n) is 1.15. The van der Waals surface area contributed by atoms with Crippen molar-refractivity contribution in [1.29, 1.82) is 0 Å². The van der Waals surface area contributed by atoms with Gasteiger partial charge < -0.3 is 10.5 Å². The van der Waals surface area contributed by atoms with Crippen molar-refractivity contribution in [3.05, 3.63) is 26.6 Å². The van der Waals surface area contributed by atoms with Crippen molar-refractivity contribution in [3.63, 3.8) is 0 Å². The molecule has 0 aromatic heterocycles. The van der Waals surface area contributed by atoms with Crippen LogP contribution in [0.4, 0.5) is 5.69 Å². The molecule has 3 nitrogen and oxygen atoms in total. The highest BCUT2D eigenvalue weighted by Gasteiger charge is 2.12. The maximum absolute atomic E-state index is 11.3. The molecule has 15 heavy (non-hydrogen) atoms. The number of anilines is 1. The number of hydrogen-bond donors (Lipinski definition) is 1. The number of hydrogen-bond acceptors (Lipinski definition) is 3. The number of carbonyl (C=O) groups is 1. The van der Waals surface area contributed by atoms with E-state index in [4.69, 9.17) is 10.5 Å². The summed E-state index contributed by atoms with van der Waals surface area (Å²) in [4.78, 5) is 11.3. The first kappa shape index (κ1) is 12.5. The third-order valence-electron chi connectivity index (χ3n) is 1.87. The van der Waals surface area contributed by atoms with E-state index in [1.54, 1.807) is 6.92 Å². The number of carbonyl (C=O) groups excluding carboxylic acids is 1. The van der Waals surface area contributed by atoms with Crippen LogP contribution in [0.1, 0.15) is 12.5 Å². The van der Waals surface area contributed by atoms with Gasteiger partial charge in [0.1, 0.15) is 0 Å². The molecule has 0 amide bonds. The average Bonchev–Trinajstić information content (AvgIpc) is 2.19. The molecule has 2 N–H and O–H groups in total. The van der Waals surface area contributed by atoms with Crippen molar-refractivity contribution in [2.75, 3.05) is 12.3 Å². The fourth-order valence-corrected chi connectivity index (χ4v) is 2.00. The molecule has 0 unspecified atom stereocenters. The van der Waals surface area contributed by atoms with E-state index in [0.29, 0.717) is 12.3 Å². The molecule has 0 aliphatic rings. The van der Waals surface area contributed by atoms with Crippen molar-refractivity contribution in [1.82, 2.24) is 0 Å². The Kier molecular flexibility index (Phi) is 4.60. The van der Waals surface area contributed by atoms with E-state index < -0.39 is 0 Å². The Labute approximate surface area is 105 Å². The first-order chi connectivity index (χ1) is 7.06. The summed E-state index contributed by atoms with van der Waals surface area (Å²) in [7, 11) is 0. The van der Waals surface area contributed by atoms with Gasteiger partial charge in [-0.05, 0) is 35.0 Å². The Morgan fingerprint density at radius 2 is 2.00 bits per heavy atom. The van der Waals surface area contributed by atoms with Gasteiger partial charge in [0, 0.05) is 14.5 Å². The van der Waals surface area contributed by atoms with E-state index in [1.807, 2.05) is 12.1 Å². The molecule has 82 valence electrons. The predicted octanol–water partition coefficient (Wildman–Crippen LogP) is 2.90. The summed E-state index contributed by atoms with van der Waals surface area (Å²) in [6.07, 6.45) is 0.180. The summed E-state index contributed by atoms with van der Waals surface area (Å²) in [5, 5.41) is 0. The SMILES string of the molecule is CCOC(=O)Cc1c(Br)ccc(Br)c1N. The maximum atomic E-state index is 11.3. The molecule has 0 bridgehead atoms. The minimum Gasteiger partial charge on any atom is -0.466 e. The minimum absolute atomic E-state index is 0.180. The van der Waals surface area contributed by atoms with Crippen LogP contribution in [0.25, 0.3) is 0 Å². The maximum Gasteiger partial charge on any atom is 0.310 e. The normalized spacial score (nSPS) is 10.1. The molecule has 1 aromatic carbocycles. The van der Waals surface area contributed by atoms with E-state index in [0.717, 1.165) is 14.5 Å². The second-order valence-corrected chi connectivity index (χ2v) is 4.61. The number of halogens is 2. The van der Waals surface area contributed by atoms with Gasteiger partial charge in [-0.3, -0.25) is 4.79 Å². The zero-order chi connectivity index (χ0) is 11.4. The third-order valence-corrected chi connectivity index (χ3v) is 3.31. The lowest BCUT2D eigenvalue weighted by molar-refractivity contribution is -0.142. The second-order valence-electron chi connectivity index (χ2n) is 2.90. The largest absolute Gasteiger partial charge is 0.466 e. The van der Waals surface area contributed by atoms with Crippen LogP contribution in [0.15, 0.2) is 21.1 Å². The zero-order valence-electron chi connectivity index (χ0n) is 8.22. The lowest BCUT2D eigenvalue weighted by Gasteiger charge is -2.09. The molecular weight excluding hydrogens is 326 g/mol. The molecule has 1 rings (SSSR count). The van der Waals surface area contributed by atoms with Crippen LogP contribution in [-0.4, -0.2) is 12.6 Å². The van der Waals surface area contributed by atoms with Crippen LogP contribution in [0, 0.1) is 0 Å². The molecule has 0 saturated heterocycles. The summed E-state index contributed by atoms with van der Waals surface area (Å²) < 4.78 is 6.46. The van der Waals surface area contributed by atoms with Crippen molar-refractivity contribution < 1.29 is 9.53 Å². The molecule has 0 spiro atoms. The van der Waals surface area contributed by atoms with Crippen LogP contribution in [0.2, 0.25) is 0 Å². The molecule has 0 heterocycles. The lowest BCUT2D eigenvalue weighted by atomic mass is 10.1. The third kappa shape index (κ3) is 3.21. The Hall–Kier alpha value is -0.550. The average molecular weight is 337 g/mol. The summed E-state index contributed by atoms with van der Waals surface area (Å²) in [6.45, 7) is 2.15. The van der Waals surface area contributed by atoms with E-state index >= 15 is 0 Å². The highest BCUT2D eigenvalue weighted by atomic mass is 79.9. The van der Waals surface area contributed by atoms with Gasteiger partial charge in [-0.25, -0.2) is 0 Å². The standard InChI is InChI=1S/C10H11Br2NO2/c1-2-15-9(14)5-6-7(11)3-4-8(12)10(6)13/h3-4H,2,5,13H2,1H3. The number of rotatable bonds is 3. The fraction of sp³-hybridized carbons (Fsp3) is 0.300. The number of benzene rings is 1. The molecule has 0 radical (unpaired) electrons. The molecule has 0 aliphatic heterocycles. The highest BCUT2D eigenvalue weighted by Crippen LogP contribution is 2.30. The monoisotopic (exact) mass is 335 g/mol. The van der Waals surface area contributed by atoms with Crippen LogP contribution in [0.3, 0.4) is 0 Å². The van der Waals surface area contributed by atoms with E-state index in [9.17, 15) is 4.79 Å². The van der Waals surface area contributed by atoms with Gasteiger partial charge in [-0.15, -0.1) is 0 Å². The Morgan fingerprint density at radius 1 is 1.40 bits per heavy atom. The topological polar surface area (TPSA) is 52.3 Å². The van der Waals surface area contributed by atoms with Crippen molar-refractivity contribution >= 4 is 43.5 Å². The van der Waals surface area contributed by atoms with Gasteiger partial charge in [-0.1, -0.05) is 15.9 Å². The minimum atomic E-state index is -0.275. The lowest BCUT2D eigenvalue weighted by Crippen LogP contribution is -2.10. The van der Waals surface area contributed by atoms with Gasteiger partial charge in [0.05, 0.1) is 18.7 Å². The van der Waals surface area contributed by atoms with Crippen LogP contribution < -0.4 is 5.73 Å². The van der Waals surface area contributed by atoms with Gasteiger partial charge in [0.15, 0.2) is 0 Å². The molecule has 0 aliphatic carbocycles. The number of nitrogens with two attached hydrogens (primary N) is 1. The Bertz CT molecular complexity index is 380. The molecule has 0 atom stereocenters. The molecule has 1 aromatic rings. The van der Waals surface area contributed by atoms with Crippen molar-refractivity contribution in [2.45, 2.75) is 13.3 Å². The molecular formula is C10H11Br2NO2. The number of esters is 1. The summed E-state index contributed by atoms with van der Waals surface area (Å²) >= 11 is 6.66. The van der Waals surface area contributed by atoms with E-state index in [2.05, 4.69) is 31.9 Å².